The van der Waals surface area contributed by atoms with E-state index in [-0.39, 0.29) is 23.8 Å². The van der Waals surface area contributed by atoms with Crippen LogP contribution in [-0.4, -0.2) is 17.5 Å². The number of anilines is 1. The molecule has 5 nitrogen and oxygen atoms in total. The molecule has 26 heavy (non-hydrogen) atoms. The molecular weight excluding hydrogens is 333 g/mol. The molecule has 0 radical (unpaired) electrons. The van der Waals surface area contributed by atoms with Gasteiger partial charge >= 0.3 is 0 Å². The summed E-state index contributed by atoms with van der Waals surface area (Å²) in [6, 6.07) is 12.9. The fourth-order valence-corrected chi connectivity index (χ4v) is 2.42. The number of nitrogens with one attached hydrogen (secondary N) is 2. The molecule has 0 saturated carbocycles. The molecule has 0 aliphatic heterocycles. The zero-order chi connectivity index (χ0) is 19.1. The van der Waals surface area contributed by atoms with Crippen LogP contribution in [0.2, 0.25) is 0 Å². The van der Waals surface area contributed by atoms with Gasteiger partial charge in [0.1, 0.15) is 5.82 Å². The Kier molecular flexibility index (Phi) is 6.60. The van der Waals surface area contributed by atoms with Crippen LogP contribution in [0.15, 0.2) is 53.6 Å². The first-order chi connectivity index (χ1) is 12.4. The first kappa shape index (κ1) is 19.3. The summed E-state index contributed by atoms with van der Waals surface area (Å²) in [5.41, 5.74) is 4.75. The maximum Gasteiger partial charge on any atom is 0.271 e. The predicted octanol–water partition coefficient (Wildman–Crippen LogP) is 4.08. The summed E-state index contributed by atoms with van der Waals surface area (Å²) in [6.07, 6.45) is 0.0376. The highest BCUT2D eigenvalue weighted by Gasteiger charge is 2.11. The second kappa shape index (κ2) is 8.89. The Morgan fingerprint density at radius 1 is 1.12 bits per heavy atom. The lowest BCUT2D eigenvalue weighted by Gasteiger charge is -2.13. The number of hydrogen-bond acceptors (Lipinski definition) is 3. The molecule has 136 valence electrons. The van der Waals surface area contributed by atoms with Crippen molar-refractivity contribution in [2.75, 3.05) is 5.32 Å². The molecule has 2 aromatic carbocycles. The van der Waals surface area contributed by atoms with Gasteiger partial charge in [-0.3, -0.25) is 9.59 Å². The summed E-state index contributed by atoms with van der Waals surface area (Å²) in [5, 5.41) is 6.77. The molecule has 0 heterocycles. The minimum absolute atomic E-state index is 0.0376. The summed E-state index contributed by atoms with van der Waals surface area (Å²) < 4.78 is 13.1. The van der Waals surface area contributed by atoms with Crippen LogP contribution in [0.25, 0.3) is 0 Å². The van der Waals surface area contributed by atoms with Crippen molar-refractivity contribution < 1.29 is 14.0 Å². The van der Waals surface area contributed by atoms with Crippen molar-refractivity contribution >= 4 is 23.2 Å². The van der Waals surface area contributed by atoms with Crippen LogP contribution in [0, 0.1) is 5.82 Å². The fourth-order valence-electron chi connectivity index (χ4n) is 2.42. The van der Waals surface area contributed by atoms with E-state index in [0.29, 0.717) is 5.71 Å². The number of carbonyl (C=O) groups excluding carboxylic acids is 2. The van der Waals surface area contributed by atoms with Gasteiger partial charge in [0.2, 0.25) is 5.91 Å². The Labute approximate surface area is 152 Å². The fraction of sp³-hybridized carbons (Fsp3) is 0.250. The average molecular weight is 355 g/mol. The zero-order valence-electron chi connectivity index (χ0n) is 15.0. The highest BCUT2D eigenvalue weighted by molar-refractivity contribution is 6.06. The minimum atomic E-state index is -0.533. The Balaban J connectivity index is 1.94. The van der Waals surface area contributed by atoms with E-state index in [1.165, 1.54) is 18.2 Å². The molecule has 0 saturated heterocycles. The standard InChI is InChI=1S/C20H22FN3O2/c1-13(2)17-9-4-5-10-18(17)22-19(25)11-14(3)23-24-20(26)15-7-6-8-16(21)12-15/h4-10,12-13H,11H2,1-3H3,(H,22,25)(H,24,26)/b23-14-. The number of hydrazone groups is 1. The van der Waals surface area contributed by atoms with Gasteiger partial charge in [-0.2, -0.15) is 5.10 Å². The van der Waals surface area contributed by atoms with Gasteiger partial charge in [-0.15, -0.1) is 0 Å². The second-order valence-corrected chi connectivity index (χ2v) is 6.27. The molecule has 0 fully saturated rings. The van der Waals surface area contributed by atoms with Gasteiger partial charge in [-0.05, 0) is 42.7 Å². The first-order valence-corrected chi connectivity index (χ1v) is 8.34. The average Bonchev–Trinajstić information content (AvgIpc) is 2.59. The van der Waals surface area contributed by atoms with Crippen LogP contribution < -0.4 is 10.7 Å². The molecule has 0 unspecified atom stereocenters. The van der Waals surface area contributed by atoms with E-state index in [2.05, 4.69) is 29.7 Å². The number of amides is 2. The number of para-hydroxylation sites is 1. The van der Waals surface area contributed by atoms with Gasteiger partial charge in [0.25, 0.3) is 5.91 Å². The number of carbonyl (C=O) groups is 2. The van der Waals surface area contributed by atoms with E-state index in [0.717, 1.165) is 17.3 Å². The van der Waals surface area contributed by atoms with Crippen molar-refractivity contribution in [1.82, 2.24) is 5.43 Å². The summed E-state index contributed by atoms with van der Waals surface area (Å²) >= 11 is 0. The molecule has 2 N–H and O–H groups in total. The number of benzene rings is 2. The molecule has 0 aliphatic carbocycles. The monoisotopic (exact) mass is 355 g/mol. The third kappa shape index (κ3) is 5.51. The van der Waals surface area contributed by atoms with Crippen molar-refractivity contribution in [2.24, 2.45) is 5.10 Å². The number of hydrogen-bond donors (Lipinski definition) is 2. The molecule has 2 rings (SSSR count). The highest BCUT2D eigenvalue weighted by atomic mass is 19.1. The van der Waals surface area contributed by atoms with Crippen molar-refractivity contribution in [3.05, 3.63) is 65.5 Å². The van der Waals surface area contributed by atoms with E-state index in [1.54, 1.807) is 6.92 Å². The Bertz CT molecular complexity index is 831. The Morgan fingerprint density at radius 2 is 1.85 bits per heavy atom. The van der Waals surface area contributed by atoms with E-state index >= 15 is 0 Å². The van der Waals surface area contributed by atoms with E-state index in [9.17, 15) is 14.0 Å². The van der Waals surface area contributed by atoms with Crippen molar-refractivity contribution in [2.45, 2.75) is 33.1 Å². The third-order valence-corrected chi connectivity index (χ3v) is 3.71. The van der Waals surface area contributed by atoms with Crippen LogP contribution in [0.5, 0.6) is 0 Å². The van der Waals surface area contributed by atoms with Crippen molar-refractivity contribution in [3.63, 3.8) is 0 Å². The van der Waals surface area contributed by atoms with Gasteiger partial charge < -0.3 is 5.32 Å². The Hall–Kier alpha value is -3.02. The maximum absolute atomic E-state index is 13.1. The molecule has 0 aliphatic rings. The molecule has 6 heteroatoms. The van der Waals surface area contributed by atoms with Crippen molar-refractivity contribution in [3.8, 4) is 0 Å². The molecule has 2 amide bonds. The van der Waals surface area contributed by atoms with Crippen LogP contribution >= 0.6 is 0 Å². The summed E-state index contributed by atoms with van der Waals surface area (Å²) in [5.74, 6) is -0.970. The molecule has 0 aromatic heterocycles. The highest BCUT2D eigenvalue weighted by Crippen LogP contribution is 2.23. The molecule has 0 bridgehead atoms. The number of halogens is 1. The topological polar surface area (TPSA) is 70.6 Å². The third-order valence-electron chi connectivity index (χ3n) is 3.71. The molecular formula is C20H22FN3O2. The van der Waals surface area contributed by atoms with Gasteiger partial charge in [-0.1, -0.05) is 38.1 Å². The number of rotatable bonds is 6. The van der Waals surface area contributed by atoms with E-state index < -0.39 is 11.7 Å². The minimum Gasteiger partial charge on any atom is -0.325 e. The first-order valence-electron chi connectivity index (χ1n) is 8.34. The lowest BCUT2D eigenvalue weighted by molar-refractivity contribution is -0.115. The zero-order valence-corrected chi connectivity index (χ0v) is 15.0. The molecule has 2 aromatic rings. The smallest absolute Gasteiger partial charge is 0.271 e. The normalized spacial score (nSPS) is 11.3. The van der Waals surface area contributed by atoms with E-state index in [1.807, 2.05) is 24.3 Å². The van der Waals surface area contributed by atoms with Crippen LogP contribution in [0.3, 0.4) is 0 Å². The molecule has 0 atom stereocenters. The number of nitrogens with zero attached hydrogens (tertiary/aromatic N) is 1. The lowest BCUT2D eigenvalue weighted by atomic mass is 10.0. The van der Waals surface area contributed by atoms with Crippen LogP contribution in [-0.2, 0) is 4.79 Å². The van der Waals surface area contributed by atoms with Gasteiger partial charge in [0, 0.05) is 17.0 Å². The summed E-state index contributed by atoms with van der Waals surface area (Å²) in [7, 11) is 0. The lowest BCUT2D eigenvalue weighted by Crippen LogP contribution is -2.21. The van der Waals surface area contributed by atoms with Gasteiger partial charge in [-0.25, -0.2) is 9.82 Å². The van der Waals surface area contributed by atoms with Crippen LogP contribution in [0.1, 0.15) is 49.0 Å². The summed E-state index contributed by atoms with van der Waals surface area (Å²) in [4.78, 5) is 24.1. The Morgan fingerprint density at radius 3 is 2.54 bits per heavy atom. The maximum atomic E-state index is 13.1. The van der Waals surface area contributed by atoms with E-state index in [4.69, 9.17) is 0 Å². The van der Waals surface area contributed by atoms with Gasteiger partial charge in [0.05, 0.1) is 6.42 Å². The van der Waals surface area contributed by atoms with Gasteiger partial charge in [0.15, 0.2) is 0 Å². The quantitative estimate of drug-likeness (QED) is 0.605. The largest absolute Gasteiger partial charge is 0.325 e. The van der Waals surface area contributed by atoms with Crippen LogP contribution in [0.4, 0.5) is 10.1 Å². The predicted molar refractivity (Wildman–Crippen MR) is 101 cm³/mol. The SMILES string of the molecule is C/C(CC(=O)Nc1ccccc1C(C)C)=N/NC(=O)c1cccc(F)c1. The second-order valence-electron chi connectivity index (χ2n) is 6.27. The summed E-state index contributed by atoms with van der Waals surface area (Å²) in [6.45, 7) is 5.75. The molecule has 0 spiro atoms. The van der Waals surface area contributed by atoms with Crippen molar-refractivity contribution in [1.29, 1.82) is 0 Å².